The Morgan fingerprint density at radius 2 is 1.78 bits per heavy atom. The summed E-state index contributed by atoms with van der Waals surface area (Å²) in [6.07, 6.45) is 4.33. The lowest BCUT2D eigenvalue weighted by molar-refractivity contribution is -0.153. The van der Waals surface area contributed by atoms with Gasteiger partial charge in [0.25, 0.3) is 5.91 Å². The molecule has 3 atom stereocenters. The number of carbonyl (C=O) groups is 2. The van der Waals surface area contributed by atoms with Crippen LogP contribution in [0.25, 0.3) is 0 Å². The number of rotatable bonds is 4. The normalized spacial score (nSPS) is 28.3. The molecule has 1 heterocycles. The maximum atomic E-state index is 12.6. The largest absolute Gasteiger partial charge is 0.455 e. The minimum absolute atomic E-state index is 0.0376. The monoisotopic (exact) mass is 405 g/mol. The Morgan fingerprint density at radius 1 is 1.11 bits per heavy atom. The van der Waals surface area contributed by atoms with Gasteiger partial charge in [-0.15, -0.1) is 23.5 Å². The molecule has 3 aliphatic rings. The van der Waals surface area contributed by atoms with Crippen molar-refractivity contribution in [3.63, 3.8) is 0 Å². The number of ether oxygens (including phenoxy) is 1. The Morgan fingerprint density at radius 3 is 2.41 bits per heavy atom. The van der Waals surface area contributed by atoms with Crippen LogP contribution in [0.15, 0.2) is 18.2 Å². The number of benzene rings is 1. The van der Waals surface area contributed by atoms with Gasteiger partial charge in [-0.2, -0.15) is 0 Å². The van der Waals surface area contributed by atoms with E-state index < -0.39 is 0 Å². The number of esters is 1. The average Bonchev–Trinajstić information content (AvgIpc) is 3.18. The number of amides is 1. The Hall–Kier alpha value is -1.14. The van der Waals surface area contributed by atoms with Crippen LogP contribution >= 0.6 is 23.5 Å². The number of carbonyl (C=O) groups excluding carboxylic acids is 2. The van der Waals surface area contributed by atoms with E-state index in [9.17, 15) is 9.59 Å². The molecule has 1 spiro atoms. The molecule has 1 aliphatic heterocycles. The van der Waals surface area contributed by atoms with Gasteiger partial charge in [0.15, 0.2) is 6.61 Å². The quantitative estimate of drug-likeness (QED) is 0.753. The average molecular weight is 406 g/mol. The van der Waals surface area contributed by atoms with E-state index >= 15 is 0 Å². The van der Waals surface area contributed by atoms with Crippen molar-refractivity contribution in [2.75, 3.05) is 23.4 Å². The zero-order valence-corrected chi connectivity index (χ0v) is 17.6. The highest BCUT2D eigenvalue weighted by molar-refractivity contribution is 8.21. The van der Waals surface area contributed by atoms with Gasteiger partial charge < -0.3 is 10.1 Å². The molecule has 1 amide bonds. The van der Waals surface area contributed by atoms with Gasteiger partial charge >= 0.3 is 5.97 Å². The highest BCUT2D eigenvalue weighted by atomic mass is 32.2. The molecule has 2 saturated carbocycles. The second-order valence-corrected chi connectivity index (χ2v) is 11.0. The van der Waals surface area contributed by atoms with Gasteiger partial charge in [-0.1, -0.05) is 6.07 Å². The number of nitrogens with one attached hydrogen (secondary N) is 1. The number of thioether (sulfide) groups is 2. The molecule has 1 aromatic carbocycles. The maximum Gasteiger partial charge on any atom is 0.309 e. The Kier molecular flexibility index (Phi) is 5.48. The first-order valence-corrected chi connectivity index (χ1v) is 11.8. The fourth-order valence-corrected chi connectivity index (χ4v) is 8.80. The molecule has 1 unspecified atom stereocenters. The summed E-state index contributed by atoms with van der Waals surface area (Å²) in [5.41, 5.74) is 3.05. The number of hydrogen-bond acceptors (Lipinski definition) is 5. The molecule has 0 aromatic heterocycles. The van der Waals surface area contributed by atoms with Gasteiger partial charge in [-0.25, -0.2) is 0 Å². The van der Waals surface area contributed by atoms with Gasteiger partial charge in [-0.3, -0.25) is 9.59 Å². The van der Waals surface area contributed by atoms with Crippen LogP contribution in [-0.2, 0) is 14.3 Å². The van der Waals surface area contributed by atoms with E-state index in [-0.39, 0.29) is 24.4 Å². The summed E-state index contributed by atoms with van der Waals surface area (Å²) < 4.78 is 5.75. The first-order chi connectivity index (χ1) is 13.0. The van der Waals surface area contributed by atoms with E-state index in [0.717, 1.165) is 24.1 Å². The molecule has 1 saturated heterocycles. The molecule has 27 heavy (non-hydrogen) atoms. The fraction of sp³-hybridized carbons (Fsp3) is 0.619. The topological polar surface area (TPSA) is 55.4 Å². The summed E-state index contributed by atoms with van der Waals surface area (Å²) in [5, 5.41) is 2.81. The van der Waals surface area contributed by atoms with Crippen LogP contribution in [0.3, 0.4) is 0 Å². The van der Waals surface area contributed by atoms with E-state index in [0.29, 0.717) is 15.9 Å². The van der Waals surface area contributed by atoms with Crippen LogP contribution in [0.5, 0.6) is 0 Å². The van der Waals surface area contributed by atoms with Crippen molar-refractivity contribution in [3.05, 3.63) is 29.3 Å². The molecule has 1 aromatic rings. The Bertz CT molecular complexity index is 729. The standard InChI is InChI=1S/C21H27NO3S2/c1-13-3-6-18(9-14(13)2)22-19(23)12-25-20(24)15-10-16-4-5-17(11-15)21(16)26-7-8-27-21/h3,6,9,15-17H,4-5,7-8,10-12H2,1-2H3,(H,22,23)/t15?,16-,17+. The van der Waals surface area contributed by atoms with Crippen molar-refractivity contribution in [2.45, 2.75) is 43.6 Å². The van der Waals surface area contributed by atoms with Crippen LogP contribution in [0.2, 0.25) is 0 Å². The molecule has 1 N–H and O–H groups in total. The van der Waals surface area contributed by atoms with Crippen LogP contribution in [-0.4, -0.2) is 34.1 Å². The molecule has 3 fully saturated rings. The van der Waals surface area contributed by atoms with E-state index in [1.165, 1.54) is 29.9 Å². The van der Waals surface area contributed by atoms with Crippen molar-refractivity contribution >= 4 is 41.1 Å². The summed E-state index contributed by atoms with van der Waals surface area (Å²) in [6.45, 7) is 3.84. The summed E-state index contributed by atoms with van der Waals surface area (Å²) in [6, 6.07) is 5.78. The number of aryl methyl sites for hydroxylation is 2. The number of hydrogen-bond donors (Lipinski definition) is 1. The Balaban J connectivity index is 1.28. The molecular formula is C21H27NO3S2. The molecule has 0 radical (unpaired) electrons. The summed E-state index contributed by atoms with van der Waals surface area (Å²) in [7, 11) is 0. The molecule has 146 valence electrons. The molecule has 6 heteroatoms. The third kappa shape index (κ3) is 3.75. The van der Waals surface area contributed by atoms with Crippen molar-refractivity contribution in [2.24, 2.45) is 17.8 Å². The van der Waals surface area contributed by atoms with Gasteiger partial charge in [-0.05, 0) is 74.6 Å². The lowest BCUT2D eigenvalue weighted by atomic mass is 9.80. The predicted molar refractivity (Wildman–Crippen MR) is 112 cm³/mol. The highest BCUT2D eigenvalue weighted by Crippen LogP contribution is 2.65. The zero-order chi connectivity index (χ0) is 19.0. The smallest absolute Gasteiger partial charge is 0.309 e. The minimum atomic E-state index is -0.274. The van der Waals surface area contributed by atoms with E-state index in [4.69, 9.17) is 4.74 Å². The summed E-state index contributed by atoms with van der Waals surface area (Å²) in [4.78, 5) is 24.7. The van der Waals surface area contributed by atoms with Gasteiger partial charge in [0.05, 0.1) is 10.00 Å². The molecule has 2 aliphatic carbocycles. The lowest BCUT2D eigenvalue weighted by Gasteiger charge is -2.41. The van der Waals surface area contributed by atoms with Crippen LogP contribution in [0, 0.1) is 31.6 Å². The zero-order valence-electron chi connectivity index (χ0n) is 16.0. The summed E-state index contributed by atoms with van der Waals surface area (Å²) >= 11 is 4.25. The highest BCUT2D eigenvalue weighted by Gasteiger charge is 2.57. The lowest BCUT2D eigenvalue weighted by Crippen LogP contribution is -2.40. The van der Waals surface area contributed by atoms with Crippen molar-refractivity contribution in [1.82, 2.24) is 0 Å². The first-order valence-electron chi connectivity index (χ1n) is 9.79. The van der Waals surface area contributed by atoms with Gasteiger partial charge in [0.2, 0.25) is 0 Å². The van der Waals surface area contributed by atoms with Crippen molar-refractivity contribution < 1.29 is 14.3 Å². The van der Waals surface area contributed by atoms with Crippen molar-refractivity contribution in [3.8, 4) is 0 Å². The predicted octanol–water partition coefficient (Wildman–Crippen LogP) is 4.40. The fourth-order valence-electron chi connectivity index (χ4n) is 4.86. The van der Waals surface area contributed by atoms with Crippen LogP contribution in [0.1, 0.15) is 36.8 Å². The van der Waals surface area contributed by atoms with Crippen LogP contribution < -0.4 is 5.32 Å². The van der Waals surface area contributed by atoms with Crippen LogP contribution in [0.4, 0.5) is 5.69 Å². The molecule has 2 bridgehead atoms. The summed E-state index contributed by atoms with van der Waals surface area (Å²) in [5.74, 6) is 3.22. The first kappa shape index (κ1) is 19.2. The third-order valence-corrected chi connectivity index (χ3v) is 10.4. The molecule has 4 rings (SSSR count). The van der Waals surface area contributed by atoms with E-state index in [1.54, 1.807) is 0 Å². The maximum absolute atomic E-state index is 12.6. The molecule has 4 nitrogen and oxygen atoms in total. The number of anilines is 1. The van der Waals surface area contributed by atoms with Gasteiger partial charge in [0, 0.05) is 17.2 Å². The van der Waals surface area contributed by atoms with E-state index in [2.05, 4.69) is 28.8 Å². The van der Waals surface area contributed by atoms with E-state index in [1.807, 2.05) is 32.0 Å². The molecular weight excluding hydrogens is 378 g/mol. The van der Waals surface area contributed by atoms with Gasteiger partial charge in [0.1, 0.15) is 0 Å². The Labute approximate surface area is 169 Å². The SMILES string of the molecule is Cc1ccc(NC(=O)COC(=O)C2C[C@H]3CC[C@@H](C2)C32SCCS2)cc1C. The minimum Gasteiger partial charge on any atom is -0.455 e. The van der Waals surface area contributed by atoms with Crippen molar-refractivity contribution in [1.29, 1.82) is 0 Å². The second-order valence-electron chi connectivity index (χ2n) is 8.01. The second kappa shape index (κ2) is 7.70. The third-order valence-electron chi connectivity index (χ3n) is 6.35.